The van der Waals surface area contributed by atoms with E-state index in [0.717, 1.165) is 12.0 Å². The first kappa shape index (κ1) is 17.0. The molecule has 1 atom stereocenters. The molecule has 1 heterocycles. The maximum atomic E-state index is 5.98. The monoisotopic (exact) mass is 281 g/mol. The quantitative estimate of drug-likeness (QED) is 0.331. The first-order valence-electron chi connectivity index (χ1n) is 7.94. The van der Waals surface area contributed by atoms with Gasteiger partial charge in [0, 0.05) is 12.6 Å². The zero-order chi connectivity index (χ0) is 14.8. The Bertz CT molecular complexity index is 361. The van der Waals surface area contributed by atoms with E-state index in [1.807, 2.05) is 13.2 Å². The predicted molar refractivity (Wildman–Crippen MR) is 84.9 cm³/mol. The summed E-state index contributed by atoms with van der Waals surface area (Å²) in [4.78, 5) is 0. The van der Waals surface area contributed by atoms with Crippen LogP contribution in [-0.2, 0) is 7.05 Å². The van der Waals surface area contributed by atoms with Crippen LogP contribution < -0.4 is 17.0 Å². The van der Waals surface area contributed by atoms with Gasteiger partial charge in [0.25, 0.3) is 0 Å². The molecule has 116 valence electrons. The Morgan fingerprint density at radius 2 is 1.75 bits per heavy atom. The minimum atomic E-state index is 0.115. The smallest absolute Gasteiger partial charge is 0.126 e. The van der Waals surface area contributed by atoms with E-state index in [-0.39, 0.29) is 6.04 Å². The second-order valence-electron chi connectivity index (χ2n) is 5.59. The van der Waals surface area contributed by atoms with Crippen molar-refractivity contribution in [3.63, 3.8) is 0 Å². The molecule has 0 aliphatic rings. The second kappa shape index (κ2) is 9.77. The van der Waals surface area contributed by atoms with Gasteiger partial charge in [-0.1, -0.05) is 58.3 Å². The van der Waals surface area contributed by atoms with Crippen LogP contribution in [0.3, 0.4) is 0 Å². The molecule has 20 heavy (non-hydrogen) atoms. The zero-order valence-electron chi connectivity index (χ0n) is 13.1. The van der Waals surface area contributed by atoms with Crippen molar-refractivity contribution in [3.05, 3.63) is 11.8 Å². The predicted octanol–water partition coefficient (Wildman–Crippen LogP) is 3.04. The van der Waals surface area contributed by atoms with Crippen molar-refractivity contribution < 1.29 is 0 Å². The molecule has 0 spiro atoms. The van der Waals surface area contributed by atoms with Crippen molar-refractivity contribution in [1.82, 2.24) is 15.2 Å². The summed E-state index contributed by atoms with van der Waals surface area (Å²) in [6.45, 7) is 2.25. The third-order valence-electron chi connectivity index (χ3n) is 3.94. The number of nitrogen functional groups attached to an aromatic ring is 1. The summed E-state index contributed by atoms with van der Waals surface area (Å²) in [5.74, 6) is 6.34. The van der Waals surface area contributed by atoms with Crippen LogP contribution in [0.5, 0.6) is 0 Å². The fraction of sp³-hybridized carbons (Fsp3) is 0.800. The van der Waals surface area contributed by atoms with Crippen LogP contribution in [0.4, 0.5) is 5.82 Å². The summed E-state index contributed by atoms with van der Waals surface area (Å²) in [6, 6.07) is 0.115. The lowest BCUT2D eigenvalue weighted by molar-refractivity contribution is 0.476. The summed E-state index contributed by atoms with van der Waals surface area (Å²) in [7, 11) is 1.85. The van der Waals surface area contributed by atoms with Crippen LogP contribution in [0.2, 0.25) is 0 Å². The number of aromatic nitrogens is 2. The fourth-order valence-electron chi connectivity index (χ4n) is 2.54. The first-order chi connectivity index (χ1) is 9.70. The van der Waals surface area contributed by atoms with E-state index in [4.69, 9.17) is 11.6 Å². The molecular weight excluding hydrogens is 250 g/mol. The molecule has 0 saturated carbocycles. The van der Waals surface area contributed by atoms with Gasteiger partial charge in [-0.15, -0.1) is 0 Å². The van der Waals surface area contributed by atoms with E-state index in [1.165, 1.54) is 51.4 Å². The highest BCUT2D eigenvalue weighted by Gasteiger charge is 2.15. The molecule has 1 rings (SSSR count). The number of hydrogen-bond acceptors (Lipinski definition) is 4. The van der Waals surface area contributed by atoms with Crippen molar-refractivity contribution in [2.75, 3.05) is 5.73 Å². The van der Waals surface area contributed by atoms with E-state index in [1.54, 1.807) is 4.68 Å². The third kappa shape index (κ3) is 5.51. The molecule has 5 nitrogen and oxygen atoms in total. The zero-order valence-corrected chi connectivity index (χ0v) is 13.1. The largest absolute Gasteiger partial charge is 0.384 e. The SMILES string of the molecule is CCCCCCCCCCC(NN)c1cnn(C)c1N. The van der Waals surface area contributed by atoms with Gasteiger partial charge in [-0.25, -0.2) is 0 Å². The molecule has 5 N–H and O–H groups in total. The Morgan fingerprint density at radius 1 is 1.15 bits per heavy atom. The number of unbranched alkanes of at least 4 members (excludes halogenated alkanes) is 7. The minimum absolute atomic E-state index is 0.115. The number of nitrogens with two attached hydrogens (primary N) is 2. The van der Waals surface area contributed by atoms with Gasteiger partial charge in [0.1, 0.15) is 5.82 Å². The minimum Gasteiger partial charge on any atom is -0.384 e. The number of hydrazine groups is 1. The normalized spacial score (nSPS) is 12.8. The molecule has 0 aromatic carbocycles. The van der Waals surface area contributed by atoms with Gasteiger partial charge in [-0.05, 0) is 6.42 Å². The second-order valence-corrected chi connectivity index (χ2v) is 5.59. The third-order valence-corrected chi connectivity index (χ3v) is 3.94. The maximum Gasteiger partial charge on any atom is 0.126 e. The Labute approximate surface area is 123 Å². The summed E-state index contributed by atoms with van der Waals surface area (Å²) in [5.41, 5.74) is 9.85. The standard InChI is InChI=1S/C15H31N5/c1-3-4-5-6-7-8-9-10-11-14(19-17)13-12-18-20(2)15(13)16/h12,14,19H,3-11,16-17H2,1-2H3. The van der Waals surface area contributed by atoms with E-state index in [9.17, 15) is 0 Å². The van der Waals surface area contributed by atoms with Gasteiger partial charge in [-0.3, -0.25) is 16.0 Å². The molecule has 0 bridgehead atoms. The van der Waals surface area contributed by atoms with Gasteiger partial charge < -0.3 is 5.73 Å². The van der Waals surface area contributed by atoms with Crippen LogP contribution in [0.1, 0.15) is 76.3 Å². The number of rotatable bonds is 11. The van der Waals surface area contributed by atoms with Gasteiger partial charge in [0.2, 0.25) is 0 Å². The molecule has 0 amide bonds. The highest BCUT2D eigenvalue weighted by Crippen LogP contribution is 2.24. The highest BCUT2D eigenvalue weighted by molar-refractivity contribution is 5.40. The fourth-order valence-corrected chi connectivity index (χ4v) is 2.54. The molecule has 5 heteroatoms. The summed E-state index contributed by atoms with van der Waals surface area (Å²) in [5, 5.41) is 4.17. The van der Waals surface area contributed by atoms with Gasteiger partial charge in [-0.2, -0.15) is 5.10 Å². The van der Waals surface area contributed by atoms with Crippen molar-refractivity contribution >= 4 is 5.82 Å². The Balaban J connectivity index is 2.18. The Hall–Kier alpha value is -1.07. The molecule has 0 radical (unpaired) electrons. The summed E-state index contributed by atoms with van der Waals surface area (Å²) in [6.07, 6.45) is 13.4. The van der Waals surface area contributed by atoms with E-state index >= 15 is 0 Å². The topological polar surface area (TPSA) is 81.9 Å². The average Bonchev–Trinajstić information content (AvgIpc) is 2.78. The number of nitrogens with zero attached hydrogens (tertiary/aromatic N) is 2. The molecule has 1 aromatic heterocycles. The van der Waals surface area contributed by atoms with Crippen molar-refractivity contribution in [2.24, 2.45) is 12.9 Å². The van der Waals surface area contributed by atoms with Crippen LogP contribution in [0.25, 0.3) is 0 Å². The molecule has 0 fully saturated rings. The van der Waals surface area contributed by atoms with Crippen molar-refractivity contribution in [1.29, 1.82) is 0 Å². The number of hydrogen-bond donors (Lipinski definition) is 3. The molecule has 0 aliphatic carbocycles. The van der Waals surface area contributed by atoms with Gasteiger partial charge in [0.05, 0.1) is 12.2 Å². The average molecular weight is 281 g/mol. The number of aryl methyl sites for hydroxylation is 1. The van der Waals surface area contributed by atoms with Crippen LogP contribution >= 0.6 is 0 Å². The lowest BCUT2D eigenvalue weighted by Gasteiger charge is -2.15. The Kier molecular flexibility index (Phi) is 8.30. The summed E-state index contributed by atoms with van der Waals surface area (Å²) < 4.78 is 1.69. The maximum absolute atomic E-state index is 5.98. The Morgan fingerprint density at radius 3 is 2.25 bits per heavy atom. The number of anilines is 1. The van der Waals surface area contributed by atoms with E-state index in [0.29, 0.717) is 5.82 Å². The lowest BCUT2D eigenvalue weighted by Crippen LogP contribution is -2.28. The number of nitrogens with one attached hydrogen (secondary N) is 1. The van der Waals surface area contributed by atoms with Gasteiger partial charge >= 0.3 is 0 Å². The van der Waals surface area contributed by atoms with Crippen LogP contribution in [0, 0.1) is 0 Å². The molecule has 0 aliphatic heterocycles. The molecule has 1 aromatic rings. The highest BCUT2D eigenvalue weighted by atomic mass is 15.3. The lowest BCUT2D eigenvalue weighted by atomic mass is 10.0. The molecule has 1 unspecified atom stereocenters. The van der Waals surface area contributed by atoms with Crippen LogP contribution in [0.15, 0.2) is 6.20 Å². The van der Waals surface area contributed by atoms with Crippen molar-refractivity contribution in [2.45, 2.75) is 70.8 Å². The molecular formula is C15H31N5. The van der Waals surface area contributed by atoms with E-state index in [2.05, 4.69) is 17.4 Å². The van der Waals surface area contributed by atoms with E-state index < -0.39 is 0 Å². The van der Waals surface area contributed by atoms with Gasteiger partial charge in [0.15, 0.2) is 0 Å². The first-order valence-corrected chi connectivity index (χ1v) is 7.94. The van der Waals surface area contributed by atoms with Crippen LogP contribution in [-0.4, -0.2) is 9.78 Å². The summed E-state index contributed by atoms with van der Waals surface area (Å²) >= 11 is 0. The van der Waals surface area contributed by atoms with Crippen molar-refractivity contribution in [3.8, 4) is 0 Å². The molecule has 0 saturated heterocycles.